The summed E-state index contributed by atoms with van der Waals surface area (Å²) < 4.78 is 0. The van der Waals surface area contributed by atoms with Crippen LogP contribution in [0.3, 0.4) is 0 Å². The van der Waals surface area contributed by atoms with Crippen molar-refractivity contribution in [2.24, 2.45) is 0 Å². The van der Waals surface area contributed by atoms with Crippen LogP contribution in [-0.2, 0) is 4.79 Å². The Kier molecular flexibility index (Phi) is 1.71. The molecule has 0 atom stereocenters. The third-order valence-electron chi connectivity index (χ3n) is 1.31. The summed E-state index contributed by atoms with van der Waals surface area (Å²) in [6.07, 6.45) is 3.79. The van der Waals surface area contributed by atoms with Crippen LogP contribution in [0.25, 0.3) is 0 Å². The summed E-state index contributed by atoms with van der Waals surface area (Å²) in [6.45, 7) is 7.22. The average molecular weight is 135 g/mol. The van der Waals surface area contributed by atoms with Crippen LogP contribution in [0.2, 0.25) is 0 Å². The van der Waals surface area contributed by atoms with Gasteiger partial charge >= 0.3 is 0 Å². The monoisotopic (exact) mass is 135 g/mol. The Labute approximate surface area is 59.9 Å². The highest BCUT2D eigenvalue weighted by Crippen LogP contribution is 2.15. The van der Waals surface area contributed by atoms with Gasteiger partial charge in [0.25, 0.3) is 0 Å². The Morgan fingerprint density at radius 2 is 2.30 bits per heavy atom. The second-order valence-corrected chi connectivity index (χ2v) is 2.14. The second kappa shape index (κ2) is 2.52. The highest BCUT2D eigenvalue weighted by atomic mass is 16.1. The summed E-state index contributed by atoms with van der Waals surface area (Å²) >= 11 is 0. The molecule has 2 heteroatoms. The number of nitrogens with one attached hydrogen (secondary N) is 1. The molecule has 1 amide bonds. The van der Waals surface area contributed by atoms with Crippen LogP contribution in [0.15, 0.2) is 36.6 Å². The van der Waals surface area contributed by atoms with Crippen LogP contribution in [0.4, 0.5) is 0 Å². The van der Waals surface area contributed by atoms with Gasteiger partial charge < -0.3 is 5.32 Å². The van der Waals surface area contributed by atoms with E-state index in [1.807, 2.05) is 0 Å². The molecule has 1 saturated heterocycles. The fraction of sp³-hybridized carbons (Fsp3) is 0.125. The molecule has 0 radical (unpaired) electrons. The quantitative estimate of drug-likeness (QED) is 0.573. The van der Waals surface area contributed by atoms with Gasteiger partial charge in [0, 0.05) is 5.70 Å². The number of amides is 1. The fourth-order valence-corrected chi connectivity index (χ4v) is 0.849. The van der Waals surface area contributed by atoms with Gasteiger partial charge in [-0.3, -0.25) is 4.79 Å². The van der Waals surface area contributed by atoms with Crippen molar-refractivity contribution in [1.82, 2.24) is 5.32 Å². The molecule has 1 rings (SSSR count). The smallest absolute Gasteiger partial charge is 0.228 e. The van der Waals surface area contributed by atoms with Crippen LogP contribution in [0.5, 0.6) is 0 Å². The molecule has 0 spiro atoms. The summed E-state index contributed by atoms with van der Waals surface area (Å²) in [5, 5.41) is 2.66. The van der Waals surface area contributed by atoms with Crippen molar-refractivity contribution in [1.29, 1.82) is 0 Å². The molecule has 1 heterocycles. The molecule has 1 N–H and O–H groups in total. The van der Waals surface area contributed by atoms with Crippen molar-refractivity contribution in [3.05, 3.63) is 36.6 Å². The zero-order valence-corrected chi connectivity index (χ0v) is 5.68. The lowest BCUT2D eigenvalue weighted by Crippen LogP contribution is -2.11. The minimum absolute atomic E-state index is 0.0121. The molecule has 52 valence electrons. The van der Waals surface area contributed by atoms with E-state index in [-0.39, 0.29) is 5.91 Å². The zero-order chi connectivity index (χ0) is 7.56. The standard InChI is InChI=1S/C8H9NO/c1-3-4-7-6(2)5-8(10)9-7/h3-4H,1-2,5H2,(H,9,10)/b7-4+. The van der Waals surface area contributed by atoms with E-state index >= 15 is 0 Å². The number of hydrogen-bond donors (Lipinski definition) is 1. The predicted octanol–water partition coefficient (Wildman–Crippen LogP) is 1.13. The summed E-state index contributed by atoms with van der Waals surface area (Å²) in [4.78, 5) is 10.7. The maximum Gasteiger partial charge on any atom is 0.228 e. The Bertz CT molecular complexity index is 225. The molecule has 0 unspecified atom stereocenters. The van der Waals surface area contributed by atoms with Gasteiger partial charge in [0.2, 0.25) is 5.91 Å². The molecule has 2 nitrogen and oxygen atoms in total. The number of carbonyl (C=O) groups excluding carboxylic acids is 1. The van der Waals surface area contributed by atoms with Gasteiger partial charge in [0.05, 0.1) is 6.42 Å². The van der Waals surface area contributed by atoms with Gasteiger partial charge in [-0.2, -0.15) is 0 Å². The van der Waals surface area contributed by atoms with Gasteiger partial charge in [-0.25, -0.2) is 0 Å². The van der Waals surface area contributed by atoms with Crippen molar-refractivity contribution in [3.63, 3.8) is 0 Å². The van der Waals surface area contributed by atoms with E-state index in [1.165, 1.54) is 0 Å². The number of rotatable bonds is 1. The highest BCUT2D eigenvalue weighted by Gasteiger charge is 2.16. The molecular formula is C8H9NO. The van der Waals surface area contributed by atoms with Gasteiger partial charge in [-0.1, -0.05) is 19.2 Å². The Morgan fingerprint density at radius 3 is 2.70 bits per heavy atom. The van der Waals surface area contributed by atoms with Gasteiger partial charge in [-0.05, 0) is 11.6 Å². The number of allylic oxidation sites excluding steroid dienone is 3. The van der Waals surface area contributed by atoms with Crippen LogP contribution < -0.4 is 5.32 Å². The van der Waals surface area contributed by atoms with E-state index in [0.717, 1.165) is 11.3 Å². The van der Waals surface area contributed by atoms with Crippen LogP contribution in [0.1, 0.15) is 6.42 Å². The van der Waals surface area contributed by atoms with Crippen LogP contribution in [0, 0.1) is 0 Å². The van der Waals surface area contributed by atoms with Crippen LogP contribution >= 0.6 is 0 Å². The average Bonchev–Trinajstić information content (AvgIpc) is 2.13. The predicted molar refractivity (Wildman–Crippen MR) is 40.2 cm³/mol. The molecule has 10 heavy (non-hydrogen) atoms. The minimum atomic E-state index is 0.0121. The van der Waals surface area contributed by atoms with Crippen molar-refractivity contribution in [2.75, 3.05) is 0 Å². The van der Waals surface area contributed by atoms with Crippen molar-refractivity contribution >= 4 is 5.91 Å². The van der Waals surface area contributed by atoms with Crippen molar-refractivity contribution < 1.29 is 4.79 Å². The van der Waals surface area contributed by atoms with E-state index < -0.39 is 0 Å². The number of hydrogen-bond acceptors (Lipinski definition) is 1. The lowest BCUT2D eigenvalue weighted by atomic mass is 10.2. The molecule has 0 aromatic heterocycles. The zero-order valence-electron chi connectivity index (χ0n) is 5.68. The maximum absolute atomic E-state index is 10.7. The molecule has 0 aliphatic carbocycles. The lowest BCUT2D eigenvalue weighted by Gasteiger charge is -1.93. The normalized spacial score (nSPS) is 21.4. The van der Waals surface area contributed by atoms with Crippen LogP contribution in [-0.4, -0.2) is 5.91 Å². The summed E-state index contributed by atoms with van der Waals surface area (Å²) in [5.41, 5.74) is 1.63. The molecule has 1 aliphatic heterocycles. The van der Waals surface area contributed by atoms with E-state index in [4.69, 9.17) is 0 Å². The molecule has 0 bridgehead atoms. The third kappa shape index (κ3) is 1.16. The minimum Gasteiger partial charge on any atom is -0.326 e. The highest BCUT2D eigenvalue weighted by molar-refractivity contribution is 5.86. The topological polar surface area (TPSA) is 29.1 Å². The van der Waals surface area contributed by atoms with E-state index in [2.05, 4.69) is 18.5 Å². The van der Waals surface area contributed by atoms with Gasteiger partial charge in [-0.15, -0.1) is 0 Å². The van der Waals surface area contributed by atoms with E-state index in [0.29, 0.717) is 6.42 Å². The first kappa shape index (κ1) is 6.81. The molecular weight excluding hydrogens is 126 g/mol. The third-order valence-corrected chi connectivity index (χ3v) is 1.31. The summed E-state index contributed by atoms with van der Waals surface area (Å²) in [6, 6.07) is 0. The Hall–Kier alpha value is -1.31. The van der Waals surface area contributed by atoms with Gasteiger partial charge in [0.15, 0.2) is 0 Å². The van der Waals surface area contributed by atoms with E-state index in [1.54, 1.807) is 12.2 Å². The Morgan fingerprint density at radius 1 is 1.60 bits per heavy atom. The first-order valence-corrected chi connectivity index (χ1v) is 3.05. The lowest BCUT2D eigenvalue weighted by molar-refractivity contribution is -0.118. The largest absolute Gasteiger partial charge is 0.326 e. The summed E-state index contributed by atoms with van der Waals surface area (Å²) in [5.74, 6) is 0.0121. The molecule has 0 aromatic rings. The van der Waals surface area contributed by atoms with E-state index in [9.17, 15) is 4.79 Å². The first-order valence-electron chi connectivity index (χ1n) is 3.05. The maximum atomic E-state index is 10.7. The number of carbonyl (C=O) groups is 1. The molecule has 1 aliphatic rings. The SMILES string of the molecule is C=C/C=C1/NC(=O)CC1=C. The molecule has 1 fully saturated rings. The Balaban J connectivity index is 2.81. The molecule has 0 saturated carbocycles. The summed E-state index contributed by atoms with van der Waals surface area (Å²) in [7, 11) is 0. The second-order valence-electron chi connectivity index (χ2n) is 2.14. The van der Waals surface area contributed by atoms with Crippen molar-refractivity contribution in [3.8, 4) is 0 Å². The van der Waals surface area contributed by atoms with Gasteiger partial charge in [0.1, 0.15) is 0 Å². The molecule has 0 aromatic carbocycles. The van der Waals surface area contributed by atoms with Crippen molar-refractivity contribution in [2.45, 2.75) is 6.42 Å². The fourth-order valence-electron chi connectivity index (χ4n) is 0.849. The first-order chi connectivity index (χ1) is 4.74.